The summed E-state index contributed by atoms with van der Waals surface area (Å²) < 4.78 is 5.72. The smallest absolute Gasteiger partial charge is 0.291 e. The number of hydrogen-bond donors (Lipinski definition) is 1. The molecule has 0 aliphatic carbocycles. The third-order valence-corrected chi connectivity index (χ3v) is 5.22. The molecule has 1 amide bonds. The highest BCUT2D eigenvalue weighted by molar-refractivity contribution is 6.03. The van der Waals surface area contributed by atoms with E-state index in [1.807, 2.05) is 37.3 Å². The molecule has 0 unspecified atom stereocenters. The van der Waals surface area contributed by atoms with Gasteiger partial charge in [-0.25, -0.2) is 0 Å². The summed E-state index contributed by atoms with van der Waals surface area (Å²) in [4.78, 5) is 27.5. The highest BCUT2D eigenvalue weighted by Crippen LogP contribution is 2.21. The van der Waals surface area contributed by atoms with Gasteiger partial charge in [0.05, 0.1) is 5.39 Å². The summed E-state index contributed by atoms with van der Waals surface area (Å²) in [5.74, 6) is -0.387. The van der Waals surface area contributed by atoms with Crippen LogP contribution < -0.4 is 10.7 Å². The Bertz CT molecular complexity index is 1060. The molecule has 0 radical (unpaired) electrons. The molecule has 2 heterocycles. The lowest BCUT2D eigenvalue weighted by Gasteiger charge is -2.27. The van der Waals surface area contributed by atoms with Crippen LogP contribution >= 0.6 is 0 Å². The maximum absolute atomic E-state index is 12.8. The number of nitrogens with zero attached hydrogens (tertiary/aromatic N) is 1. The molecule has 0 spiro atoms. The molecule has 5 heteroatoms. The fraction of sp³-hybridized carbons (Fsp3) is 0.304. The van der Waals surface area contributed by atoms with Crippen LogP contribution in [-0.4, -0.2) is 23.9 Å². The Balaban J connectivity index is 1.58. The third kappa shape index (κ3) is 3.99. The number of amides is 1. The van der Waals surface area contributed by atoms with E-state index in [9.17, 15) is 9.59 Å². The molecule has 3 aromatic rings. The first-order valence-corrected chi connectivity index (χ1v) is 9.76. The number of para-hydroxylation sites is 1. The molecule has 0 bridgehead atoms. The summed E-state index contributed by atoms with van der Waals surface area (Å²) in [5, 5.41) is 3.40. The van der Waals surface area contributed by atoms with E-state index < -0.39 is 5.91 Å². The first-order chi connectivity index (χ1) is 13.6. The summed E-state index contributed by atoms with van der Waals surface area (Å²) in [6.07, 6.45) is 3.72. The largest absolute Gasteiger partial charge is 0.451 e. The zero-order valence-corrected chi connectivity index (χ0v) is 16.0. The van der Waals surface area contributed by atoms with Crippen molar-refractivity contribution in [3.8, 4) is 0 Å². The number of fused-ring (bicyclic) bond motifs is 1. The van der Waals surface area contributed by atoms with Crippen LogP contribution in [0.1, 0.15) is 40.9 Å². The number of benzene rings is 2. The standard InChI is InChI=1S/C23H24N2O3/c1-16-9-10-18-20(26)14-22(28-21(18)13-16)23(27)24-19-8-4-3-7-17(19)15-25-11-5-2-6-12-25/h3-4,7-10,13-14H,2,5-6,11-12,15H2,1H3,(H,24,27). The summed E-state index contributed by atoms with van der Waals surface area (Å²) in [5.41, 5.74) is 3.01. The minimum Gasteiger partial charge on any atom is -0.451 e. The number of carbonyl (C=O) groups is 1. The van der Waals surface area contributed by atoms with Gasteiger partial charge in [-0.15, -0.1) is 0 Å². The van der Waals surface area contributed by atoms with Gasteiger partial charge < -0.3 is 9.73 Å². The van der Waals surface area contributed by atoms with Gasteiger partial charge in [-0.2, -0.15) is 0 Å². The molecular formula is C23H24N2O3. The number of likely N-dealkylation sites (tertiary alicyclic amines) is 1. The monoisotopic (exact) mass is 376 g/mol. The molecule has 1 aromatic heterocycles. The number of anilines is 1. The van der Waals surface area contributed by atoms with Gasteiger partial charge in [0.1, 0.15) is 5.58 Å². The Kier molecular flexibility index (Phi) is 5.26. The number of nitrogens with one attached hydrogen (secondary N) is 1. The molecular weight excluding hydrogens is 352 g/mol. The quantitative estimate of drug-likeness (QED) is 0.736. The second-order valence-electron chi connectivity index (χ2n) is 7.42. The lowest BCUT2D eigenvalue weighted by molar-refractivity contribution is 0.0997. The summed E-state index contributed by atoms with van der Waals surface area (Å²) in [7, 11) is 0. The van der Waals surface area contributed by atoms with Crippen molar-refractivity contribution in [3.05, 3.63) is 75.6 Å². The first kappa shape index (κ1) is 18.4. The van der Waals surface area contributed by atoms with Gasteiger partial charge in [-0.1, -0.05) is 30.7 Å². The molecule has 5 nitrogen and oxygen atoms in total. The summed E-state index contributed by atoms with van der Waals surface area (Å²) >= 11 is 0. The highest BCUT2D eigenvalue weighted by Gasteiger charge is 2.16. The van der Waals surface area contributed by atoms with Gasteiger partial charge in [0.2, 0.25) is 0 Å². The molecule has 1 aliphatic rings. The van der Waals surface area contributed by atoms with Crippen molar-refractivity contribution in [3.63, 3.8) is 0 Å². The molecule has 1 N–H and O–H groups in total. The van der Waals surface area contributed by atoms with Crippen molar-refractivity contribution in [1.82, 2.24) is 4.90 Å². The minimum absolute atomic E-state index is 0.0240. The number of piperidine rings is 1. The van der Waals surface area contributed by atoms with Gasteiger partial charge in [0, 0.05) is 18.3 Å². The Hall–Kier alpha value is -2.92. The van der Waals surface area contributed by atoms with E-state index in [-0.39, 0.29) is 11.2 Å². The first-order valence-electron chi connectivity index (χ1n) is 9.76. The van der Waals surface area contributed by atoms with Crippen molar-refractivity contribution in [2.24, 2.45) is 0 Å². The highest BCUT2D eigenvalue weighted by atomic mass is 16.3. The number of carbonyl (C=O) groups excluding carboxylic acids is 1. The van der Waals surface area contributed by atoms with E-state index in [4.69, 9.17) is 4.42 Å². The number of rotatable bonds is 4. The minimum atomic E-state index is -0.411. The van der Waals surface area contributed by atoms with Crippen molar-refractivity contribution in [1.29, 1.82) is 0 Å². The Morgan fingerprint density at radius 1 is 1.07 bits per heavy atom. The average molecular weight is 376 g/mol. The van der Waals surface area contributed by atoms with Crippen LogP contribution in [0.5, 0.6) is 0 Å². The number of hydrogen-bond acceptors (Lipinski definition) is 4. The summed E-state index contributed by atoms with van der Waals surface area (Å²) in [6.45, 7) is 4.89. The van der Waals surface area contributed by atoms with Crippen LogP contribution in [0.4, 0.5) is 5.69 Å². The Morgan fingerprint density at radius 2 is 1.86 bits per heavy atom. The number of aryl methyl sites for hydroxylation is 1. The van der Waals surface area contributed by atoms with E-state index in [0.29, 0.717) is 11.0 Å². The predicted octanol–water partition coefficient (Wildman–Crippen LogP) is 4.34. The van der Waals surface area contributed by atoms with Crippen LogP contribution in [0.3, 0.4) is 0 Å². The van der Waals surface area contributed by atoms with Crippen LogP contribution in [0, 0.1) is 6.92 Å². The zero-order chi connectivity index (χ0) is 19.5. The lowest BCUT2D eigenvalue weighted by Crippen LogP contribution is -2.29. The Labute approximate surface area is 164 Å². The second-order valence-corrected chi connectivity index (χ2v) is 7.42. The van der Waals surface area contributed by atoms with E-state index in [2.05, 4.69) is 10.2 Å². The molecule has 2 aromatic carbocycles. The fourth-order valence-corrected chi connectivity index (χ4v) is 3.70. The van der Waals surface area contributed by atoms with E-state index in [0.717, 1.165) is 36.4 Å². The molecule has 1 fully saturated rings. The molecule has 0 atom stereocenters. The van der Waals surface area contributed by atoms with Crippen molar-refractivity contribution < 1.29 is 9.21 Å². The normalized spacial score (nSPS) is 14.9. The maximum Gasteiger partial charge on any atom is 0.291 e. The zero-order valence-electron chi connectivity index (χ0n) is 16.0. The van der Waals surface area contributed by atoms with Crippen LogP contribution in [0.15, 0.2) is 57.7 Å². The topological polar surface area (TPSA) is 62.6 Å². The van der Waals surface area contributed by atoms with Crippen molar-refractivity contribution >= 4 is 22.6 Å². The Morgan fingerprint density at radius 3 is 2.68 bits per heavy atom. The SMILES string of the molecule is Cc1ccc2c(=O)cc(C(=O)Nc3ccccc3CN3CCCCC3)oc2c1. The van der Waals surface area contributed by atoms with Crippen LogP contribution in [0.25, 0.3) is 11.0 Å². The van der Waals surface area contributed by atoms with Crippen molar-refractivity contribution in [2.75, 3.05) is 18.4 Å². The molecule has 1 saturated heterocycles. The summed E-state index contributed by atoms with van der Waals surface area (Å²) in [6, 6.07) is 14.4. The predicted molar refractivity (Wildman–Crippen MR) is 111 cm³/mol. The average Bonchev–Trinajstić information content (AvgIpc) is 2.70. The molecule has 0 saturated carbocycles. The van der Waals surface area contributed by atoms with E-state index >= 15 is 0 Å². The van der Waals surface area contributed by atoms with Crippen LogP contribution in [-0.2, 0) is 6.54 Å². The van der Waals surface area contributed by atoms with Gasteiger partial charge in [0.25, 0.3) is 5.91 Å². The lowest BCUT2D eigenvalue weighted by atomic mass is 10.1. The van der Waals surface area contributed by atoms with Gasteiger partial charge in [0.15, 0.2) is 11.2 Å². The molecule has 144 valence electrons. The van der Waals surface area contributed by atoms with Gasteiger partial charge >= 0.3 is 0 Å². The van der Waals surface area contributed by atoms with Crippen LogP contribution in [0.2, 0.25) is 0 Å². The van der Waals surface area contributed by atoms with Gasteiger partial charge in [-0.3, -0.25) is 14.5 Å². The third-order valence-electron chi connectivity index (χ3n) is 5.22. The molecule has 28 heavy (non-hydrogen) atoms. The van der Waals surface area contributed by atoms with Crippen molar-refractivity contribution in [2.45, 2.75) is 32.7 Å². The molecule has 1 aliphatic heterocycles. The maximum atomic E-state index is 12.8. The second kappa shape index (κ2) is 7.98. The van der Waals surface area contributed by atoms with E-state index in [1.165, 1.54) is 25.3 Å². The van der Waals surface area contributed by atoms with E-state index in [1.54, 1.807) is 12.1 Å². The molecule has 4 rings (SSSR count). The van der Waals surface area contributed by atoms with Gasteiger partial charge in [-0.05, 0) is 62.2 Å². The fourth-order valence-electron chi connectivity index (χ4n) is 3.70.